The van der Waals surface area contributed by atoms with E-state index in [9.17, 15) is 9.59 Å². The number of methoxy groups -OCH3 is 1. The fourth-order valence-electron chi connectivity index (χ4n) is 2.71. The van der Waals surface area contributed by atoms with E-state index < -0.39 is 0 Å². The van der Waals surface area contributed by atoms with Gasteiger partial charge in [-0.1, -0.05) is 23.7 Å². The number of halogens is 1. The molecule has 2 aromatic carbocycles. The summed E-state index contributed by atoms with van der Waals surface area (Å²) in [6.07, 6.45) is 1.31. The van der Waals surface area contributed by atoms with Crippen molar-refractivity contribution < 1.29 is 14.3 Å². The van der Waals surface area contributed by atoms with Crippen LogP contribution in [0.4, 0.5) is 11.4 Å². The zero-order chi connectivity index (χ0) is 17.1. The van der Waals surface area contributed by atoms with Crippen molar-refractivity contribution in [2.24, 2.45) is 0 Å². The molecular formula is C18H17ClN2O3. The number of anilines is 2. The molecule has 0 saturated carbocycles. The van der Waals surface area contributed by atoms with Gasteiger partial charge in [0.2, 0.25) is 5.91 Å². The van der Waals surface area contributed by atoms with Gasteiger partial charge >= 0.3 is 0 Å². The molecule has 6 heteroatoms. The van der Waals surface area contributed by atoms with Gasteiger partial charge in [-0.15, -0.1) is 0 Å². The van der Waals surface area contributed by atoms with E-state index in [1.807, 2.05) is 12.1 Å². The lowest BCUT2D eigenvalue weighted by atomic mass is 10.1. The number of ether oxygens (including phenoxy) is 1. The van der Waals surface area contributed by atoms with Crippen molar-refractivity contribution in [2.45, 2.75) is 12.8 Å². The average Bonchev–Trinajstić information content (AvgIpc) is 3.01. The van der Waals surface area contributed by atoms with Crippen molar-refractivity contribution in [3.05, 3.63) is 53.1 Å². The fourth-order valence-corrected chi connectivity index (χ4v) is 2.93. The van der Waals surface area contributed by atoms with E-state index in [0.29, 0.717) is 40.7 Å². The number of hydrogen-bond acceptors (Lipinski definition) is 3. The van der Waals surface area contributed by atoms with Gasteiger partial charge in [-0.2, -0.15) is 0 Å². The molecule has 1 aliphatic heterocycles. The van der Waals surface area contributed by atoms with Gasteiger partial charge in [0.05, 0.1) is 23.5 Å². The van der Waals surface area contributed by atoms with Crippen LogP contribution in [-0.2, 0) is 4.79 Å². The van der Waals surface area contributed by atoms with E-state index in [0.717, 1.165) is 6.42 Å². The second-order valence-electron chi connectivity index (χ2n) is 5.47. The van der Waals surface area contributed by atoms with E-state index in [-0.39, 0.29) is 11.8 Å². The summed E-state index contributed by atoms with van der Waals surface area (Å²) < 4.78 is 5.23. The topological polar surface area (TPSA) is 58.6 Å². The molecule has 1 fully saturated rings. The smallest absolute Gasteiger partial charge is 0.255 e. The number of carbonyl (C=O) groups excluding carboxylic acids is 2. The van der Waals surface area contributed by atoms with Crippen molar-refractivity contribution in [1.29, 1.82) is 0 Å². The summed E-state index contributed by atoms with van der Waals surface area (Å²) in [5.41, 5.74) is 1.59. The van der Waals surface area contributed by atoms with Gasteiger partial charge in [0.25, 0.3) is 5.91 Å². The lowest BCUT2D eigenvalue weighted by molar-refractivity contribution is -0.117. The Hall–Kier alpha value is -2.53. The molecule has 0 atom stereocenters. The third-order valence-electron chi connectivity index (χ3n) is 3.93. The van der Waals surface area contributed by atoms with Gasteiger partial charge in [0.1, 0.15) is 5.75 Å². The normalized spacial score (nSPS) is 13.9. The Morgan fingerprint density at radius 3 is 2.75 bits per heavy atom. The highest BCUT2D eigenvalue weighted by molar-refractivity contribution is 6.34. The number of nitrogens with zero attached hydrogens (tertiary/aromatic N) is 1. The maximum Gasteiger partial charge on any atom is 0.255 e. The highest BCUT2D eigenvalue weighted by atomic mass is 35.5. The SMILES string of the molecule is COc1ccccc1NC(=O)c1ccc(Cl)c(N2CCCC2=O)c1. The maximum atomic E-state index is 12.5. The second-order valence-corrected chi connectivity index (χ2v) is 5.88. The first kappa shape index (κ1) is 16.3. The van der Waals surface area contributed by atoms with Gasteiger partial charge in [0.15, 0.2) is 0 Å². The lowest BCUT2D eigenvalue weighted by Crippen LogP contribution is -2.24. The molecule has 24 heavy (non-hydrogen) atoms. The van der Waals surface area contributed by atoms with Crippen LogP contribution in [0, 0.1) is 0 Å². The van der Waals surface area contributed by atoms with Crippen LogP contribution in [0.25, 0.3) is 0 Å². The summed E-state index contributed by atoms with van der Waals surface area (Å²) in [5.74, 6) is 0.318. The molecule has 0 bridgehead atoms. The van der Waals surface area contributed by atoms with Gasteiger partial charge in [-0.3, -0.25) is 9.59 Å². The van der Waals surface area contributed by atoms with E-state index in [1.165, 1.54) is 0 Å². The molecule has 1 saturated heterocycles. The Morgan fingerprint density at radius 2 is 2.04 bits per heavy atom. The zero-order valence-corrected chi connectivity index (χ0v) is 14.0. The van der Waals surface area contributed by atoms with Crippen molar-refractivity contribution in [1.82, 2.24) is 0 Å². The second kappa shape index (κ2) is 6.93. The molecule has 2 aromatic rings. The van der Waals surface area contributed by atoms with Crippen LogP contribution >= 0.6 is 11.6 Å². The van der Waals surface area contributed by atoms with Crippen LogP contribution < -0.4 is 15.0 Å². The minimum absolute atomic E-state index is 0.0270. The van der Waals surface area contributed by atoms with Gasteiger partial charge < -0.3 is 15.0 Å². The Morgan fingerprint density at radius 1 is 1.25 bits per heavy atom. The quantitative estimate of drug-likeness (QED) is 0.919. The molecule has 5 nitrogen and oxygen atoms in total. The van der Waals surface area contributed by atoms with Crippen LogP contribution in [-0.4, -0.2) is 25.5 Å². The lowest BCUT2D eigenvalue weighted by Gasteiger charge is -2.18. The number of hydrogen-bond donors (Lipinski definition) is 1. The molecular weight excluding hydrogens is 328 g/mol. The summed E-state index contributed by atoms with van der Waals surface area (Å²) in [7, 11) is 1.55. The molecule has 2 amide bonds. The van der Waals surface area contributed by atoms with Crippen LogP contribution in [0.2, 0.25) is 5.02 Å². The monoisotopic (exact) mass is 344 g/mol. The van der Waals surface area contributed by atoms with E-state index in [1.54, 1.807) is 42.3 Å². The standard InChI is InChI=1S/C18H17ClN2O3/c1-24-16-6-3-2-5-14(16)20-18(23)12-8-9-13(19)15(11-12)21-10-4-7-17(21)22/h2-3,5-6,8-9,11H,4,7,10H2,1H3,(H,20,23). The number of carbonyl (C=O) groups is 2. The highest BCUT2D eigenvalue weighted by Crippen LogP contribution is 2.31. The molecule has 1 heterocycles. The van der Waals surface area contributed by atoms with Crippen molar-refractivity contribution in [3.8, 4) is 5.75 Å². The summed E-state index contributed by atoms with van der Waals surface area (Å²) >= 11 is 6.21. The average molecular weight is 345 g/mol. The summed E-state index contributed by atoms with van der Waals surface area (Å²) in [4.78, 5) is 26.1. The summed E-state index contributed by atoms with van der Waals surface area (Å²) in [6, 6.07) is 12.1. The zero-order valence-electron chi connectivity index (χ0n) is 13.2. The van der Waals surface area contributed by atoms with E-state index >= 15 is 0 Å². The molecule has 0 radical (unpaired) electrons. The Kier molecular flexibility index (Phi) is 4.71. The number of nitrogens with one attached hydrogen (secondary N) is 1. The Labute approximate surface area is 145 Å². The molecule has 0 unspecified atom stereocenters. The molecule has 1 N–H and O–H groups in total. The minimum atomic E-state index is -0.288. The van der Waals surface area contributed by atoms with Crippen molar-refractivity contribution in [2.75, 3.05) is 23.9 Å². The summed E-state index contributed by atoms with van der Waals surface area (Å²) in [5, 5.41) is 3.27. The van der Waals surface area contributed by atoms with Gasteiger partial charge in [-0.25, -0.2) is 0 Å². The third-order valence-corrected chi connectivity index (χ3v) is 4.25. The predicted molar refractivity (Wildman–Crippen MR) is 94.0 cm³/mol. The van der Waals surface area contributed by atoms with Gasteiger partial charge in [0, 0.05) is 18.5 Å². The molecule has 0 spiro atoms. The molecule has 1 aliphatic rings. The van der Waals surface area contributed by atoms with Crippen molar-refractivity contribution >= 4 is 34.8 Å². The summed E-state index contributed by atoms with van der Waals surface area (Å²) in [6.45, 7) is 0.621. The first-order valence-electron chi connectivity index (χ1n) is 7.64. The number of benzene rings is 2. The first-order valence-corrected chi connectivity index (χ1v) is 8.02. The fraction of sp³-hybridized carbons (Fsp3) is 0.222. The van der Waals surface area contributed by atoms with Gasteiger partial charge in [-0.05, 0) is 36.8 Å². The van der Waals surface area contributed by atoms with Crippen LogP contribution in [0.5, 0.6) is 5.75 Å². The Bertz CT molecular complexity index is 792. The van der Waals surface area contributed by atoms with E-state index in [2.05, 4.69) is 5.32 Å². The highest BCUT2D eigenvalue weighted by Gasteiger charge is 2.24. The number of para-hydroxylation sites is 2. The Balaban J connectivity index is 1.86. The predicted octanol–water partition coefficient (Wildman–Crippen LogP) is 3.73. The molecule has 124 valence electrons. The maximum absolute atomic E-state index is 12.5. The van der Waals surface area contributed by atoms with E-state index in [4.69, 9.17) is 16.3 Å². The number of rotatable bonds is 4. The van der Waals surface area contributed by atoms with Crippen LogP contribution in [0.3, 0.4) is 0 Å². The first-order chi connectivity index (χ1) is 11.6. The molecule has 0 aromatic heterocycles. The van der Waals surface area contributed by atoms with Crippen molar-refractivity contribution in [3.63, 3.8) is 0 Å². The third kappa shape index (κ3) is 3.21. The molecule has 3 rings (SSSR count). The van der Waals surface area contributed by atoms with Crippen LogP contribution in [0.1, 0.15) is 23.2 Å². The largest absolute Gasteiger partial charge is 0.495 e. The minimum Gasteiger partial charge on any atom is -0.495 e. The molecule has 0 aliphatic carbocycles. The van der Waals surface area contributed by atoms with Crippen LogP contribution in [0.15, 0.2) is 42.5 Å². The number of amides is 2.